The third kappa shape index (κ3) is 2.10. The van der Waals surface area contributed by atoms with Crippen molar-refractivity contribution in [1.29, 1.82) is 0 Å². The summed E-state index contributed by atoms with van der Waals surface area (Å²) in [5, 5.41) is 0.957. The first kappa shape index (κ1) is 11.5. The van der Waals surface area contributed by atoms with Crippen LogP contribution in [0.4, 0.5) is 4.39 Å². The van der Waals surface area contributed by atoms with E-state index in [0.717, 1.165) is 10.9 Å². The van der Waals surface area contributed by atoms with Crippen LogP contribution in [-0.2, 0) is 0 Å². The predicted molar refractivity (Wildman–Crippen MR) is 72.5 cm³/mol. The summed E-state index contributed by atoms with van der Waals surface area (Å²) >= 11 is 0. The minimum Gasteiger partial charge on any atom is -0.298 e. The fraction of sp³-hybridized carbons (Fsp3) is 0. The number of carbonyl (C=O) groups is 1. The molecule has 19 heavy (non-hydrogen) atoms. The van der Waals surface area contributed by atoms with Gasteiger partial charge in [-0.1, -0.05) is 30.3 Å². The zero-order chi connectivity index (χ0) is 13.2. The second-order valence-electron chi connectivity index (χ2n) is 4.27. The average Bonchev–Trinajstić information content (AvgIpc) is 2.46. The van der Waals surface area contributed by atoms with Gasteiger partial charge >= 0.3 is 0 Å². The van der Waals surface area contributed by atoms with Gasteiger partial charge in [0.2, 0.25) is 0 Å². The lowest BCUT2D eigenvalue weighted by molar-refractivity contribution is 0.112. The Balaban J connectivity index is 2.16. The Hall–Kier alpha value is -2.55. The summed E-state index contributed by atoms with van der Waals surface area (Å²) in [7, 11) is 0. The van der Waals surface area contributed by atoms with Gasteiger partial charge in [0.1, 0.15) is 12.1 Å². The molecule has 1 aromatic heterocycles. The van der Waals surface area contributed by atoms with E-state index in [1.54, 1.807) is 18.3 Å². The number of carbonyl (C=O) groups excluding carboxylic acids is 1. The molecule has 0 saturated heterocycles. The third-order valence-corrected chi connectivity index (χ3v) is 3.03. The Morgan fingerprint density at radius 1 is 1.05 bits per heavy atom. The van der Waals surface area contributed by atoms with Gasteiger partial charge in [0.05, 0.1) is 5.52 Å². The molecule has 2 aromatic carbocycles. The van der Waals surface area contributed by atoms with Gasteiger partial charge in [0, 0.05) is 28.3 Å². The summed E-state index contributed by atoms with van der Waals surface area (Å²) in [6.45, 7) is 0. The zero-order valence-electron chi connectivity index (χ0n) is 10.0. The molecule has 0 atom stereocenters. The Kier molecular flexibility index (Phi) is 2.80. The monoisotopic (exact) mass is 251 g/mol. The van der Waals surface area contributed by atoms with Crippen LogP contribution in [0.1, 0.15) is 10.4 Å². The van der Waals surface area contributed by atoms with Crippen LogP contribution in [0, 0.1) is 5.82 Å². The fourth-order valence-electron chi connectivity index (χ4n) is 2.06. The highest BCUT2D eigenvalue weighted by molar-refractivity contribution is 5.84. The number of pyridine rings is 1. The minimum absolute atomic E-state index is 0.329. The number of rotatable bonds is 2. The van der Waals surface area contributed by atoms with Gasteiger partial charge in [-0.05, 0) is 18.2 Å². The van der Waals surface area contributed by atoms with Crippen molar-refractivity contribution in [2.75, 3.05) is 0 Å². The molecule has 0 amide bonds. The molecule has 3 heteroatoms. The highest BCUT2D eigenvalue weighted by Gasteiger charge is 2.07. The number of aldehydes is 1. The first-order chi connectivity index (χ1) is 9.28. The number of halogens is 1. The fourth-order valence-corrected chi connectivity index (χ4v) is 2.06. The van der Waals surface area contributed by atoms with Crippen LogP contribution in [0.15, 0.2) is 54.7 Å². The maximum Gasteiger partial charge on any atom is 0.150 e. The van der Waals surface area contributed by atoms with Crippen LogP contribution in [0.5, 0.6) is 0 Å². The van der Waals surface area contributed by atoms with Crippen molar-refractivity contribution in [2.24, 2.45) is 0 Å². The molecule has 0 aliphatic heterocycles. The third-order valence-electron chi connectivity index (χ3n) is 3.03. The number of nitrogens with zero attached hydrogens (tertiary/aromatic N) is 1. The van der Waals surface area contributed by atoms with E-state index in [0.29, 0.717) is 23.0 Å². The van der Waals surface area contributed by atoms with E-state index in [4.69, 9.17) is 0 Å². The maximum absolute atomic E-state index is 13.9. The summed E-state index contributed by atoms with van der Waals surface area (Å²) in [5.41, 5.74) is 2.35. The zero-order valence-corrected chi connectivity index (χ0v) is 10.0. The number of aromatic nitrogens is 1. The first-order valence-electron chi connectivity index (χ1n) is 5.88. The predicted octanol–water partition coefficient (Wildman–Crippen LogP) is 3.85. The number of hydrogen-bond acceptors (Lipinski definition) is 2. The lowest BCUT2D eigenvalue weighted by Gasteiger charge is -2.05. The molecule has 0 aliphatic rings. The molecular weight excluding hydrogens is 241 g/mol. The maximum atomic E-state index is 13.9. The topological polar surface area (TPSA) is 30.0 Å². The molecule has 1 heterocycles. The number of fused-ring (bicyclic) bond motifs is 1. The highest BCUT2D eigenvalue weighted by Crippen LogP contribution is 2.25. The van der Waals surface area contributed by atoms with Crippen molar-refractivity contribution >= 4 is 17.2 Å². The summed E-state index contributed by atoms with van der Waals surface area (Å²) < 4.78 is 13.9. The Morgan fingerprint density at radius 2 is 1.89 bits per heavy atom. The molecule has 3 rings (SSSR count). The van der Waals surface area contributed by atoms with Gasteiger partial charge in [-0.25, -0.2) is 4.39 Å². The molecule has 0 radical (unpaired) electrons. The van der Waals surface area contributed by atoms with Gasteiger partial charge < -0.3 is 0 Å². The normalized spacial score (nSPS) is 10.6. The summed E-state index contributed by atoms with van der Waals surface area (Å²) in [6, 6.07) is 14.0. The summed E-state index contributed by atoms with van der Waals surface area (Å²) in [6.07, 6.45) is 2.27. The van der Waals surface area contributed by atoms with E-state index in [-0.39, 0.29) is 0 Å². The number of hydrogen-bond donors (Lipinski definition) is 0. The van der Waals surface area contributed by atoms with E-state index in [9.17, 15) is 9.18 Å². The largest absolute Gasteiger partial charge is 0.298 e. The number of benzene rings is 2. The first-order valence-corrected chi connectivity index (χ1v) is 5.88. The van der Waals surface area contributed by atoms with Crippen molar-refractivity contribution in [1.82, 2.24) is 4.98 Å². The van der Waals surface area contributed by atoms with Gasteiger partial charge in [0.25, 0.3) is 0 Å². The van der Waals surface area contributed by atoms with Gasteiger partial charge in [-0.2, -0.15) is 0 Å². The Bertz CT molecular complexity index is 768. The number of para-hydroxylation sites is 1. The standard InChI is InChI=1S/C16H10FNO/c17-15-7-11(10-19)5-6-14(15)13-8-12-3-1-2-4-16(12)18-9-13/h1-10H. The molecule has 0 bridgehead atoms. The van der Waals surface area contributed by atoms with E-state index in [1.165, 1.54) is 6.07 Å². The smallest absolute Gasteiger partial charge is 0.150 e. The molecule has 0 N–H and O–H groups in total. The van der Waals surface area contributed by atoms with Gasteiger partial charge in [-0.3, -0.25) is 9.78 Å². The molecule has 92 valence electrons. The van der Waals surface area contributed by atoms with Crippen molar-refractivity contribution in [3.8, 4) is 11.1 Å². The van der Waals surface area contributed by atoms with Crippen LogP contribution in [-0.4, -0.2) is 11.3 Å². The summed E-state index contributed by atoms with van der Waals surface area (Å²) in [4.78, 5) is 14.9. The summed E-state index contributed by atoms with van der Waals surface area (Å²) in [5.74, 6) is -0.415. The van der Waals surface area contributed by atoms with E-state index in [1.807, 2.05) is 30.3 Å². The van der Waals surface area contributed by atoms with Gasteiger partial charge in [0.15, 0.2) is 0 Å². The van der Waals surface area contributed by atoms with Crippen LogP contribution >= 0.6 is 0 Å². The van der Waals surface area contributed by atoms with E-state index < -0.39 is 5.82 Å². The lowest BCUT2D eigenvalue weighted by atomic mass is 10.0. The van der Waals surface area contributed by atoms with Crippen LogP contribution in [0.3, 0.4) is 0 Å². The van der Waals surface area contributed by atoms with E-state index >= 15 is 0 Å². The quantitative estimate of drug-likeness (QED) is 0.647. The van der Waals surface area contributed by atoms with Crippen molar-refractivity contribution < 1.29 is 9.18 Å². The van der Waals surface area contributed by atoms with Crippen LogP contribution < -0.4 is 0 Å². The lowest BCUT2D eigenvalue weighted by Crippen LogP contribution is -1.89. The SMILES string of the molecule is O=Cc1ccc(-c2cnc3ccccc3c2)c(F)c1. The Labute approximate surface area is 109 Å². The van der Waals surface area contributed by atoms with E-state index in [2.05, 4.69) is 4.98 Å². The molecule has 2 nitrogen and oxygen atoms in total. The molecule has 0 spiro atoms. The molecule has 0 fully saturated rings. The van der Waals surface area contributed by atoms with Crippen molar-refractivity contribution in [3.05, 3.63) is 66.1 Å². The van der Waals surface area contributed by atoms with Crippen LogP contribution in [0.2, 0.25) is 0 Å². The average molecular weight is 251 g/mol. The van der Waals surface area contributed by atoms with Crippen molar-refractivity contribution in [2.45, 2.75) is 0 Å². The second kappa shape index (κ2) is 4.61. The van der Waals surface area contributed by atoms with Crippen molar-refractivity contribution in [3.63, 3.8) is 0 Å². The second-order valence-corrected chi connectivity index (χ2v) is 4.27. The minimum atomic E-state index is -0.415. The molecular formula is C16H10FNO. The van der Waals surface area contributed by atoms with Gasteiger partial charge in [-0.15, -0.1) is 0 Å². The molecule has 3 aromatic rings. The van der Waals surface area contributed by atoms with Crippen LogP contribution in [0.25, 0.3) is 22.0 Å². The molecule has 0 unspecified atom stereocenters. The molecule has 0 saturated carbocycles. The Morgan fingerprint density at radius 3 is 2.68 bits per heavy atom. The highest BCUT2D eigenvalue weighted by atomic mass is 19.1. The molecule has 0 aliphatic carbocycles.